The van der Waals surface area contributed by atoms with Gasteiger partial charge in [-0.3, -0.25) is 4.79 Å². The normalized spacial score (nSPS) is 14.4. The number of nitrogens with zero attached hydrogens (tertiary/aromatic N) is 1. The number of hydrogen-bond acceptors (Lipinski definition) is 4. The summed E-state index contributed by atoms with van der Waals surface area (Å²) in [6.07, 6.45) is 0.915. The van der Waals surface area contributed by atoms with Crippen molar-refractivity contribution >= 4 is 17.3 Å². The third-order valence-corrected chi connectivity index (χ3v) is 4.85. The maximum Gasteiger partial charge on any atom is 0.256 e. The molecule has 0 spiro atoms. The number of aliphatic hydroxyl groups is 1. The summed E-state index contributed by atoms with van der Waals surface area (Å²) in [5.74, 6) is -3.64. The SMILES string of the molecule is CC.CCCNCC1(O)CN(C(=O)c2ccc(F)c(F)c2Nc2ccc(C)cc2F)C1. The largest absolute Gasteiger partial charge is 0.385 e. The van der Waals surface area contributed by atoms with Crippen molar-refractivity contribution in [3.05, 3.63) is 58.9 Å². The lowest BCUT2D eigenvalue weighted by Gasteiger charge is -2.46. The molecule has 8 heteroatoms. The van der Waals surface area contributed by atoms with E-state index in [0.717, 1.165) is 25.1 Å². The highest BCUT2D eigenvalue weighted by Gasteiger charge is 2.44. The molecule has 170 valence electrons. The Balaban J connectivity index is 0.00000166. The molecule has 31 heavy (non-hydrogen) atoms. The van der Waals surface area contributed by atoms with Gasteiger partial charge in [-0.15, -0.1) is 0 Å². The summed E-state index contributed by atoms with van der Waals surface area (Å²) >= 11 is 0. The lowest BCUT2D eigenvalue weighted by atomic mass is 9.92. The van der Waals surface area contributed by atoms with E-state index in [4.69, 9.17) is 0 Å². The summed E-state index contributed by atoms with van der Waals surface area (Å²) in [6, 6.07) is 6.27. The number of carbonyl (C=O) groups is 1. The Morgan fingerprint density at radius 1 is 1.13 bits per heavy atom. The molecule has 3 rings (SSSR count). The van der Waals surface area contributed by atoms with Crippen LogP contribution in [0.15, 0.2) is 30.3 Å². The molecule has 0 bridgehead atoms. The fourth-order valence-corrected chi connectivity index (χ4v) is 3.30. The Morgan fingerprint density at radius 3 is 2.42 bits per heavy atom. The van der Waals surface area contributed by atoms with Crippen molar-refractivity contribution < 1.29 is 23.1 Å². The average molecular weight is 438 g/mol. The van der Waals surface area contributed by atoms with E-state index in [2.05, 4.69) is 10.6 Å². The van der Waals surface area contributed by atoms with Crippen molar-refractivity contribution in [1.82, 2.24) is 10.2 Å². The standard InChI is InChI=1S/C21H24F3N3O2.C2H6/c1-3-8-25-10-21(29)11-27(12-21)20(28)14-5-6-15(22)18(24)19(14)26-17-7-4-13(2)9-16(17)23;1-2/h4-7,9,25-26,29H,3,8,10-12H2,1-2H3;1-2H3. The number of aryl methyl sites for hydroxylation is 1. The summed E-state index contributed by atoms with van der Waals surface area (Å²) in [5, 5.41) is 16.0. The zero-order valence-corrected chi connectivity index (χ0v) is 18.4. The van der Waals surface area contributed by atoms with E-state index in [1.54, 1.807) is 13.0 Å². The Labute approximate surface area is 181 Å². The van der Waals surface area contributed by atoms with Crippen LogP contribution in [-0.2, 0) is 0 Å². The Morgan fingerprint density at radius 2 is 1.81 bits per heavy atom. The number of anilines is 2. The first-order valence-electron chi connectivity index (χ1n) is 10.5. The molecule has 0 unspecified atom stereocenters. The van der Waals surface area contributed by atoms with Crippen LogP contribution < -0.4 is 10.6 Å². The first-order chi connectivity index (χ1) is 14.7. The average Bonchev–Trinajstić information content (AvgIpc) is 2.72. The van der Waals surface area contributed by atoms with E-state index in [1.807, 2.05) is 20.8 Å². The van der Waals surface area contributed by atoms with E-state index in [9.17, 15) is 23.1 Å². The fraction of sp³-hybridized carbons (Fsp3) is 0.435. The number of likely N-dealkylation sites (tertiary alicyclic amines) is 1. The Bertz CT molecular complexity index is 915. The lowest BCUT2D eigenvalue weighted by Crippen LogP contribution is -2.67. The molecule has 1 heterocycles. The molecule has 1 aliphatic heterocycles. The second-order valence-electron chi connectivity index (χ2n) is 7.45. The van der Waals surface area contributed by atoms with E-state index >= 15 is 0 Å². The maximum atomic E-state index is 14.5. The van der Waals surface area contributed by atoms with Gasteiger partial charge < -0.3 is 20.6 Å². The molecule has 5 nitrogen and oxygen atoms in total. The molecule has 3 N–H and O–H groups in total. The van der Waals surface area contributed by atoms with Gasteiger partial charge in [0.25, 0.3) is 5.91 Å². The van der Waals surface area contributed by atoms with Crippen LogP contribution in [0.5, 0.6) is 0 Å². The molecule has 1 amide bonds. The highest BCUT2D eigenvalue weighted by molar-refractivity contribution is 6.01. The van der Waals surface area contributed by atoms with Crippen LogP contribution >= 0.6 is 0 Å². The van der Waals surface area contributed by atoms with Crippen molar-refractivity contribution in [2.75, 3.05) is 31.5 Å². The number of hydrogen-bond donors (Lipinski definition) is 3. The van der Waals surface area contributed by atoms with Crippen molar-refractivity contribution in [2.24, 2.45) is 0 Å². The highest BCUT2D eigenvalue weighted by atomic mass is 19.2. The van der Waals surface area contributed by atoms with Gasteiger partial charge in [0.2, 0.25) is 0 Å². The van der Waals surface area contributed by atoms with Crippen LogP contribution in [0.4, 0.5) is 24.5 Å². The van der Waals surface area contributed by atoms with Gasteiger partial charge in [-0.1, -0.05) is 26.8 Å². The van der Waals surface area contributed by atoms with Crippen molar-refractivity contribution in [1.29, 1.82) is 0 Å². The van der Waals surface area contributed by atoms with Crippen LogP contribution in [0.1, 0.15) is 43.1 Å². The molecule has 0 aliphatic carbocycles. The molecule has 2 aromatic rings. The zero-order chi connectivity index (χ0) is 23.2. The van der Waals surface area contributed by atoms with Crippen LogP contribution in [0, 0.1) is 24.4 Å². The second kappa shape index (κ2) is 10.6. The van der Waals surface area contributed by atoms with Gasteiger partial charge >= 0.3 is 0 Å². The van der Waals surface area contributed by atoms with E-state index in [0.29, 0.717) is 12.1 Å². The summed E-state index contributed by atoms with van der Waals surface area (Å²) in [4.78, 5) is 14.2. The number of benzene rings is 2. The van der Waals surface area contributed by atoms with Crippen molar-refractivity contribution in [3.63, 3.8) is 0 Å². The Kier molecular flexibility index (Phi) is 8.47. The first kappa shape index (κ1) is 24.7. The smallest absolute Gasteiger partial charge is 0.256 e. The first-order valence-corrected chi connectivity index (χ1v) is 10.5. The third-order valence-electron chi connectivity index (χ3n) is 4.85. The van der Waals surface area contributed by atoms with E-state index in [1.165, 1.54) is 17.0 Å². The van der Waals surface area contributed by atoms with Crippen LogP contribution in [-0.4, -0.2) is 47.7 Å². The molecule has 0 radical (unpaired) electrons. The number of nitrogens with one attached hydrogen (secondary N) is 2. The van der Waals surface area contributed by atoms with Crippen molar-refractivity contribution in [2.45, 2.75) is 39.7 Å². The quantitative estimate of drug-likeness (QED) is 0.563. The van der Waals surface area contributed by atoms with Crippen LogP contribution in [0.3, 0.4) is 0 Å². The zero-order valence-electron chi connectivity index (χ0n) is 18.4. The van der Waals surface area contributed by atoms with Gasteiger partial charge in [-0.05, 0) is 49.7 Å². The molecular weight excluding hydrogens is 407 g/mol. The van der Waals surface area contributed by atoms with Crippen molar-refractivity contribution in [3.8, 4) is 0 Å². The Hall–Kier alpha value is -2.58. The summed E-state index contributed by atoms with van der Waals surface area (Å²) in [5.41, 5.74) is -1.02. The van der Waals surface area contributed by atoms with E-state index < -0.39 is 34.6 Å². The second-order valence-corrected chi connectivity index (χ2v) is 7.45. The van der Waals surface area contributed by atoms with Gasteiger partial charge in [0, 0.05) is 6.54 Å². The maximum absolute atomic E-state index is 14.5. The molecule has 1 aliphatic rings. The number of halogens is 3. The molecule has 0 atom stereocenters. The molecule has 1 saturated heterocycles. The van der Waals surface area contributed by atoms with Gasteiger partial charge in [-0.25, -0.2) is 13.2 Å². The topological polar surface area (TPSA) is 64.6 Å². The minimum absolute atomic E-state index is 0.0693. The van der Waals surface area contributed by atoms with E-state index in [-0.39, 0.29) is 24.3 Å². The summed E-state index contributed by atoms with van der Waals surface area (Å²) in [6.45, 7) is 8.92. The highest BCUT2D eigenvalue weighted by Crippen LogP contribution is 2.31. The monoisotopic (exact) mass is 437 g/mol. The molecule has 1 fully saturated rings. The number of β-amino-alcohol motifs (C(OH)–C–C–N with tert-alkyl or cyclic N) is 1. The molecule has 2 aromatic carbocycles. The third kappa shape index (κ3) is 5.77. The van der Waals surface area contributed by atoms with Gasteiger partial charge in [0.1, 0.15) is 11.4 Å². The molecule has 0 saturated carbocycles. The number of amides is 1. The van der Waals surface area contributed by atoms with Crippen LogP contribution in [0.25, 0.3) is 0 Å². The lowest BCUT2D eigenvalue weighted by molar-refractivity contribution is -0.0784. The number of rotatable bonds is 7. The minimum Gasteiger partial charge on any atom is -0.385 e. The minimum atomic E-state index is -1.27. The molecule has 0 aromatic heterocycles. The summed E-state index contributed by atoms with van der Waals surface area (Å²) < 4.78 is 42.4. The summed E-state index contributed by atoms with van der Waals surface area (Å²) in [7, 11) is 0. The van der Waals surface area contributed by atoms with Gasteiger partial charge in [0.05, 0.1) is 30.0 Å². The van der Waals surface area contributed by atoms with Gasteiger partial charge in [0.15, 0.2) is 11.6 Å². The fourth-order valence-electron chi connectivity index (χ4n) is 3.30. The predicted octanol–water partition coefficient (Wildman–Crippen LogP) is 4.37. The predicted molar refractivity (Wildman–Crippen MR) is 116 cm³/mol. The van der Waals surface area contributed by atoms with Gasteiger partial charge in [-0.2, -0.15) is 0 Å². The number of carbonyl (C=O) groups excluding carboxylic acids is 1. The molecular formula is C23H30F3N3O2. The van der Waals surface area contributed by atoms with Crippen LogP contribution in [0.2, 0.25) is 0 Å².